The van der Waals surface area contributed by atoms with E-state index in [1.807, 2.05) is 0 Å². The number of carbonyl (C=O) groups excluding carboxylic acids is 2. The van der Waals surface area contributed by atoms with E-state index in [9.17, 15) is 14.2 Å². The smallest absolute Gasteiger partial charge is 0.323 e. The summed E-state index contributed by atoms with van der Waals surface area (Å²) in [6, 6.07) is -1.73. The Balaban J connectivity index is 0. The molecule has 0 fully saturated rings. The molecule has 1 radical (unpaired) electrons. The number of nitrogens with one attached hydrogen (secondary N) is 2. The third-order valence-corrected chi connectivity index (χ3v) is 3.74. The van der Waals surface area contributed by atoms with Gasteiger partial charge in [0.05, 0.1) is 13.2 Å². The summed E-state index contributed by atoms with van der Waals surface area (Å²) in [6.45, 7) is 10.2. The molecule has 115 valence electrons. The van der Waals surface area contributed by atoms with Gasteiger partial charge in [0.2, 0.25) is 7.44 Å². The van der Waals surface area contributed by atoms with Gasteiger partial charge in [0, 0.05) is 48.0 Å². The van der Waals surface area contributed by atoms with Gasteiger partial charge in [-0.3, -0.25) is 19.2 Å². The van der Waals surface area contributed by atoms with Crippen molar-refractivity contribution in [3.8, 4) is 0 Å². The summed E-state index contributed by atoms with van der Waals surface area (Å²) in [5, 5.41) is 5.11. The second-order valence-electron chi connectivity index (χ2n) is 3.96. The van der Waals surface area contributed by atoms with E-state index in [2.05, 4.69) is 17.1 Å². The van der Waals surface area contributed by atoms with Gasteiger partial charge in [0.1, 0.15) is 6.04 Å². The van der Waals surface area contributed by atoms with Crippen LogP contribution in [0.3, 0.4) is 0 Å². The first kappa shape index (κ1) is 22.7. The molecule has 0 heterocycles. The van der Waals surface area contributed by atoms with Gasteiger partial charge in [0.15, 0.2) is 0 Å². The van der Waals surface area contributed by atoms with Crippen molar-refractivity contribution >= 4 is 19.4 Å². The summed E-state index contributed by atoms with van der Waals surface area (Å²) >= 11 is 0. The molecule has 0 aliphatic rings. The predicted molar refractivity (Wildman–Crippen MR) is 71.7 cm³/mol. The van der Waals surface area contributed by atoms with Crippen LogP contribution in [0.15, 0.2) is 0 Å². The molecule has 3 atom stereocenters. The van der Waals surface area contributed by atoms with Crippen LogP contribution < -0.4 is 10.2 Å². The van der Waals surface area contributed by atoms with Gasteiger partial charge in [-0.2, -0.15) is 0 Å². The van der Waals surface area contributed by atoms with E-state index >= 15 is 0 Å². The minimum Gasteiger partial charge on any atom is -0.467 e. The molecule has 7 nitrogen and oxygen atoms in total. The SMILES string of the molecule is [CH2-]C(NP(C)(=O)NC(C)C(=O)OCC)C(=O)OCC.[Pr]. The molecule has 0 saturated carbocycles. The number of carbonyl (C=O) groups is 2. The minimum atomic E-state index is -3.12. The van der Waals surface area contributed by atoms with E-state index in [0.717, 1.165) is 0 Å². The fourth-order valence-corrected chi connectivity index (χ4v) is 2.94. The summed E-state index contributed by atoms with van der Waals surface area (Å²) in [5.41, 5.74) is 0. The minimum absolute atomic E-state index is 0. The zero-order valence-corrected chi connectivity index (χ0v) is 16.9. The molecule has 0 aliphatic heterocycles. The van der Waals surface area contributed by atoms with E-state index in [0.29, 0.717) is 0 Å². The molecule has 0 rings (SSSR count). The molecule has 0 aliphatic carbocycles. The Morgan fingerprint density at radius 1 is 1.15 bits per heavy atom. The van der Waals surface area contributed by atoms with Crippen LogP contribution in [0.5, 0.6) is 0 Å². The zero-order chi connectivity index (χ0) is 15.1. The fraction of sp³-hybridized carbons (Fsp3) is 0.727. The molecule has 0 saturated heterocycles. The van der Waals surface area contributed by atoms with Crippen molar-refractivity contribution in [1.29, 1.82) is 0 Å². The van der Waals surface area contributed by atoms with Crippen LogP contribution in [0.25, 0.3) is 0 Å². The number of esters is 2. The second kappa shape index (κ2) is 11.1. The largest absolute Gasteiger partial charge is 0.467 e. The predicted octanol–water partition coefficient (Wildman–Crippen LogP) is 0.706. The molecule has 0 spiro atoms. The molecule has 20 heavy (non-hydrogen) atoms. The first-order chi connectivity index (χ1) is 8.73. The van der Waals surface area contributed by atoms with Crippen molar-refractivity contribution < 1.29 is 64.9 Å². The number of ether oxygens (including phenoxy) is 2. The second-order valence-corrected chi connectivity index (χ2v) is 6.33. The number of hydrogen-bond acceptors (Lipinski definition) is 5. The van der Waals surface area contributed by atoms with Crippen molar-refractivity contribution in [2.45, 2.75) is 32.9 Å². The van der Waals surface area contributed by atoms with E-state index in [4.69, 9.17) is 9.47 Å². The third-order valence-electron chi connectivity index (χ3n) is 2.05. The molecular formula is C11H22N2O5PPr-. The van der Waals surface area contributed by atoms with Crippen LogP contribution in [-0.4, -0.2) is 43.9 Å². The maximum absolute atomic E-state index is 12.2. The molecule has 3 unspecified atom stereocenters. The summed E-state index contributed by atoms with van der Waals surface area (Å²) in [5.74, 6) is -1.11. The van der Waals surface area contributed by atoms with Gasteiger partial charge in [-0.1, -0.05) is 0 Å². The summed E-state index contributed by atoms with van der Waals surface area (Å²) in [6.07, 6.45) is 0. The Hall–Kier alpha value is 0.454. The van der Waals surface area contributed by atoms with Crippen LogP contribution in [0.4, 0.5) is 0 Å². The van der Waals surface area contributed by atoms with Crippen molar-refractivity contribution in [1.82, 2.24) is 10.2 Å². The Bertz CT molecular complexity index is 337. The van der Waals surface area contributed by atoms with Crippen molar-refractivity contribution in [2.24, 2.45) is 0 Å². The van der Waals surface area contributed by atoms with Gasteiger partial charge in [-0.05, 0) is 26.8 Å². The van der Waals surface area contributed by atoms with Crippen LogP contribution in [0.2, 0.25) is 0 Å². The summed E-state index contributed by atoms with van der Waals surface area (Å²) in [4.78, 5) is 22.8. The standard InChI is InChI=1S/C11H22N2O5P.Pr/c1-6-17-10(14)8(3)12-19(5,16)13-9(4)11(15)18-7-2;/h8-9H,3,6-7H2,1-2,4-5H3,(H2,12,13,16);/q-1;. The van der Waals surface area contributed by atoms with E-state index in [-0.39, 0.29) is 54.5 Å². The van der Waals surface area contributed by atoms with Gasteiger partial charge in [-0.25, -0.2) is 5.09 Å². The van der Waals surface area contributed by atoms with Gasteiger partial charge in [0.25, 0.3) is 5.97 Å². The first-order valence-electron chi connectivity index (χ1n) is 6.03. The third kappa shape index (κ3) is 9.40. The monoisotopic (exact) mass is 434 g/mol. The van der Waals surface area contributed by atoms with Crippen molar-refractivity contribution in [2.75, 3.05) is 19.9 Å². The Morgan fingerprint density at radius 3 is 2.05 bits per heavy atom. The molecule has 2 N–H and O–H groups in total. The van der Waals surface area contributed by atoms with Crippen molar-refractivity contribution in [3.63, 3.8) is 0 Å². The fourth-order valence-electron chi connectivity index (χ4n) is 1.32. The van der Waals surface area contributed by atoms with Crippen molar-refractivity contribution in [3.05, 3.63) is 6.92 Å². The molecule has 0 amide bonds. The number of rotatable bonds is 8. The summed E-state index contributed by atoms with van der Waals surface area (Å²) in [7, 11) is -3.12. The maximum atomic E-state index is 12.2. The van der Waals surface area contributed by atoms with E-state index in [1.54, 1.807) is 13.8 Å². The van der Waals surface area contributed by atoms with Gasteiger partial charge < -0.3 is 16.4 Å². The van der Waals surface area contributed by atoms with E-state index in [1.165, 1.54) is 13.6 Å². The summed E-state index contributed by atoms with van der Waals surface area (Å²) < 4.78 is 21.7. The normalized spacial score (nSPS) is 16.2. The van der Waals surface area contributed by atoms with Crippen LogP contribution in [0, 0.1) is 48.2 Å². The van der Waals surface area contributed by atoms with Crippen LogP contribution >= 0.6 is 7.44 Å². The Morgan fingerprint density at radius 2 is 1.60 bits per heavy atom. The molecule has 9 heteroatoms. The maximum Gasteiger partial charge on any atom is 0.323 e. The topological polar surface area (TPSA) is 93.7 Å². The quantitative estimate of drug-likeness (QED) is 0.330. The zero-order valence-electron chi connectivity index (χ0n) is 12.3. The van der Waals surface area contributed by atoms with Crippen LogP contribution in [-0.2, 0) is 23.6 Å². The van der Waals surface area contributed by atoms with Gasteiger partial charge in [-0.15, -0.1) is 0 Å². The molecule has 0 aromatic rings. The molecular weight excluding hydrogens is 412 g/mol. The molecule has 0 bridgehead atoms. The molecule has 0 aromatic carbocycles. The van der Waals surface area contributed by atoms with E-state index < -0.39 is 31.5 Å². The molecule has 0 aromatic heterocycles. The number of hydrogen-bond donors (Lipinski definition) is 2. The Kier molecular flexibility index (Phi) is 12.6. The first-order valence-corrected chi connectivity index (χ1v) is 8.18. The average molecular weight is 434 g/mol. The van der Waals surface area contributed by atoms with Crippen LogP contribution in [0.1, 0.15) is 20.8 Å². The average Bonchev–Trinajstić information content (AvgIpc) is 2.28. The Labute approximate surface area is 153 Å². The van der Waals surface area contributed by atoms with Gasteiger partial charge >= 0.3 is 5.97 Å².